The first-order valence-corrected chi connectivity index (χ1v) is 8.59. The Kier molecular flexibility index (Phi) is 3.51. The van der Waals surface area contributed by atoms with Crippen molar-refractivity contribution < 1.29 is 9.50 Å². The summed E-state index contributed by atoms with van der Waals surface area (Å²) in [6, 6.07) is 2.72. The smallest absolute Gasteiger partial charge is 0.164 e. The molecule has 0 aliphatic carbocycles. The number of aromatic nitrogens is 1. The van der Waals surface area contributed by atoms with Crippen molar-refractivity contribution in [2.75, 3.05) is 0 Å². The summed E-state index contributed by atoms with van der Waals surface area (Å²) < 4.78 is 12.7. The first-order valence-electron chi connectivity index (χ1n) is 5.09. The molecule has 0 saturated carbocycles. The van der Waals surface area contributed by atoms with Crippen LogP contribution in [0.25, 0.3) is 0 Å². The molecule has 86 valence electrons. The van der Waals surface area contributed by atoms with Crippen LogP contribution in [0.1, 0.15) is 12.6 Å². The zero-order valence-electron chi connectivity index (χ0n) is 10.0. The third kappa shape index (κ3) is 3.76. The van der Waals surface area contributed by atoms with E-state index in [1.165, 1.54) is 12.1 Å². The van der Waals surface area contributed by atoms with Crippen molar-refractivity contribution in [2.45, 2.75) is 32.2 Å². The van der Waals surface area contributed by atoms with Gasteiger partial charge in [0.05, 0.1) is 11.9 Å². The van der Waals surface area contributed by atoms with Crippen molar-refractivity contribution in [1.82, 2.24) is 4.98 Å². The molecule has 0 spiro atoms. The molecular formula is C12H16FNOSi. The molecule has 0 bridgehead atoms. The number of halogens is 1. The third-order valence-electron chi connectivity index (χ3n) is 1.91. The Hall–Kier alpha value is -1.18. The normalized spacial score (nSPS) is 14.9. The van der Waals surface area contributed by atoms with Gasteiger partial charge >= 0.3 is 0 Å². The topological polar surface area (TPSA) is 33.1 Å². The van der Waals surface area contributed by atoms with E-state index in [2.05, 4.69) is 36.1 Å². The van der Waals surface area contributed by atoms with Crippen LogP contribution < -0.4 is 0 Å². The molecule has 0 aliphatic rings. The van der Waals surface area contributed by atoms with Crippen molar-refractivity contribution in [3.8, 4) is 11.5 Å². The number of nitrogens with zero attached hydrogens (tertiary/aromatic N) is 1. The fourth-order valence-electron chi connectivity index (χ4n) is 1.04. The quantitative estimate of drug-likeness (QED) is 0.600. The van der Waals surface area contributed by atoms with Gasteiger partial charge < -0.3 is 5.11 Å². The second-order valence-corrected chi connectivity index (χ2v) is 9.68. The third-order valence-corrected chi connectivity index (χ3v) is 2.78. The van der Waals surface area contributed by atoms with Gasteiger partial charge in [-0.3, -0.25) is 4.98 Å². The van der Waals surface area contributed by atoms with E-state index in [4.69, 9.17) is 0 Å². The Morgan fingerprint density at radius 2 is 2.00 bits per heavy atom. The van der Waals surface area contributed by atoms with Gasteiger partial charge in [0.2, 0.25) is 0 Å². The lowest BCUT2D eigenvalue weighted by molar-refractivity contribution is 0.117. The fraction of sp³-hybridized carbons (Fsp3) is 0.417. The van der Waals surface area contributed by atoms with Crippen LogP contribution in [0.2, 0.25) is 19.6 Å². The summed E-state index contributed by atoms with van der Waals surface area (Å²) in [6.07, 6.45) is 1.08. The molecule has 0 fully saturated rings. The highest BCUT2D eigenvalue weighted by molar-refractivity contribution is 6.83. The van der Waals surface area contributed by atoms with Crippen LogP contribution in [0.5, 0.6) is 0 Å². The van der Waals surface area contributed by atoms with Crippen molar-refractivity contribution >= 4 is 8.07 Å². The van der Waals surface area contributed by atoms with Crippen molar-refractivity contribution in [2.24, 2.45) is 0 Å². The first-order chi connectivity index (χ1) is 7.21. The summed E-state index contributed by atoms with van der Waals surface area (Å²) in [5, 5.41) is 10.1. The van der Waals surface area contributed by atoms with E-state index in [9.17, 15) is 9.50 Å². The highest BCUT2D eigenvalue weighted by Gasteiger charge is 2.22. The summed E-state index contributed by atoms with van der Waals surface area (Å²) in [7, 11) is -1.53. The summed E-state index contributed by atoms with van der Waals surface area (Å²) in [6.45, 7) is 7.84. The van der Waals surface area contributed by atoms with Gasteiger partial charge in [-0.25, -0.2) is 4.39 Å². The van der Waals surface area contributed by atoms with Crippen LogP contribution in [0.3, 0.4) is 0 Å². The molecule has 1 atom stereocenters. The Morgan fingerprint density at radius 3 is 2.44 bits per heavy atom. The molecule has 0 aromatic carbocycles. The second-order valence-electron chi connectivity index (χ2n) is 4.93. The van der Waals surface area contributed by atoms with E-state index in [1.807, 2.05) is 0 Å². The van der Waals surface area contributed by atoms with Crippen LogP contribution in [0.15, 0.2) is 18.3 Å². The van der Waals surface area contributed by atoms with Crippen LogP contribution in [0.4, 0.5) is 4.39 Å². The van der Waals surface area contributed by atoms with Crippen LogP contribution in [-0.4, -0.2) is 18.2 Å². The SMILES string of the molecule is CC(O)(C#C[Si](C)(C)C)c1ccc(F)cn1. The zero-order valence-corrected chi connectivity index (χ0v) is 11.0. The van der Waals surface area contributed by atoms with E-state index < -0.39 is 19.5 Å². The summed E-state index contributed by atoms with van der Waals surface area (Å²) in [5.41, 5.74) is 2.14. The fourth-order valence-corrected chi connectivity index (χ4v) is 1.66. The molecule has 1 rings (SSSR count). The number of hydrogen-bond acceptors (Lipinski definition) is 2. The van der Waals surface area contributed by atoms with Crippen LogP contribution in [-0.2, 0) is 5.60 Å². The van der Waals surface area contributed by atoms with E-state index >= 15 is 0 Å². The number of pyridine rings is 1. The Labute approximate surface area is 96.5 Å². The van der Waals surface area contributed by atoms with Crippen molar-refractivity contribution in [3.63, 3.8) is 0 Å². The Bertz CT molecular complexity index is 423. The molecule has 1 heterocycles. The zero-order chi connectivity index (χ0) is 12.4. The molecule has 16 heavy (non-hydrogen) atoms. The van der Waals surface area contributed by atoms with E-state index in [0.29, 0.717) is 5.69 Å². The standard InChI is InChI=1S/C12H16FNOSi/c1-12(15,7-8-16(2,3)4)11-6-5-10(13)9-14-11/h5-6,9,15H,1-4H3. The van der Waals surface area contributed by atoms with Gasteiger partial charge in [-0.2, -0.15) is 0 Å². The van der Waals surface area contributed by atoms with Crippen LogP contribution >= 0.6 is 0 Å². The average Bonchev–Trinajstić information content (AvgIpc) is 2.15. The highest BCUT2D eigenvalue weighted by atomic mass is 28.3. The van der Waals surface area contributed by atoms with Gasteiger partial charge in [-0.1, -0.05) is 25.6 Å². The molecule has 1 unspecified atom stereocenters. The lowest BCUT2D eigenvalue weighted by Gasteiger charge is -2.16. The van der Waals surface area contributed by atoms with Crippen LogP contribution in [0, 0.1) is 17.3 Å². The summed E-state index contributed by atoms with van der Waals surface area (Å²) in [4.78, 5) is 3.84. The molecular weight excluding hydrogens is 221 g/mol. The van der Waals surface area contributed by atoms with Gasteiger partial charge in [0.1, 0.15) is 13.9 Å². The van der Waals surface area contributed by atoms with Crippen molar-refractivity contribution in [1.29, 1.82) is 0 Å². The molecule has 1 aromatic heterocycles. The molecule has 1 N–H and O–H groups in total. The van der Waals surface area contributed by atoms with E-state index in [1.54, 1.807) is 6.92 Å². The van der Waals surface area contributed by atoms with E-state index in [-0.39, 0.29) is 0 Å². The molecule has 2 nitrogen and oxygen atoms in total. The maximum Gasteiger partial charge on any atom is 0.164 e. The molecule has 0 radical (unpaired) electrons. The minimum absolute atomic E-state index is 0.375. The van der Waals surface area contributed by atoms with E-state index in [0.717, 1.165) is 6.20 Å². The van der Waals surface area contributed by atoms with Gasteiger partial charge in [-0.15, -0.1) is 5.54 Å². The molecule has 4 heteroatoms. The lowest BCUT2D eigenvalue weighted by Crippen LogP contribution is -2.23. The van der Waals surface area contributed by atoms with Gasteiger partial charge in [0, 0.05) is 0 Å². The summed E-state index contributed by atoms with van der Waals surface area (Å²) >= 11 is 0. The molecule has 0 aliphatic heterocycles. The lowest BCUT2D eigenvalue weighted by atomic mass is 10.0. The van der Waals surface area contributed by atoms with Gasteiger partial charge in [0.25, 0.3) is 0 Å². The molecule has 0 saturated heterocycles. The maximum atomic E-state index is 12.7. The predicted molar refractivity (Wildman–Crippen MR) is 64.9 cm³/mol. The number of hydrogen-bond donors (Lipinski definition) is 1. The molecule has 0 amide bonds. The highest BCUT2D eigenvalue weighted by Crippen LogP contribution is 2.17. The Morgan fingerprint density at radius 1 is 1.38 bits per heavy atom. The molecule has 1 aromatic rings. The van der Waals surface area contributed by atoms with Crippen molar-refractivity contribution in [3.05, 3.63) is 29.8 Å². The van der Waals surface area contributed by atoms with Gasteiger partial charge in [0.15, 0.2) is 5.60 Å². The second kappa shape index (κ2) is 4.36. The summed E-state index contributed by atoms with van der Waals surface area (Å²) in [5.74, 6) is 2.40. The Balaban J connectivity index is 3.01. The monoisotopic (exact) mass is 237 g/mol. The minimum atomic E-state index is -1.53. The van der Waals surface area contributed by atoms with Gasteiger partial charge in [-0.05, 0) is 19.1 Å². The minimum Gasteiger partial charge on any atom is -0.372 e. The maximum absolute atomic E-state index is 12.7. The number of rotatable bonds is 1. The largest absolute Gasteiger partial charge is 0.372 e. The first kappa shape index (κ1) is 12.9. The number of aliphatic hydroxyl groups is 1. The predicted octanol–water partition coefficient (Wildman–Crippen LogP) is 2.31. The average molecular weight is 237 g/mol.